The number of rotatable bonds is 5. The first-order chi connectivity index (χ1) is 8.31. The lowest BCUT2D eigenvalue weighted by Gasteiger charge is -2.10. The van der Waals surface area contributed by atoms with Crippen molar-refractivity contribution in [1.82, 2.24) is 10.3 Å². The van der Waals surface area contributed by atoms with Crippen molar-refractivity contribution in [2.45, 2.75) is 13.5 Å². The maximum atomic E-state index is 8.95. The number of fused-ring (bicyclic) bond motifs is 1. The molecule has 0 spiro atoms. The number of aliphatic hydroxyl groups excluding tert-OH is 1. The van der Waals surface area contributed by atoms with Crippen LogP contribution >= 0.6 is 0 Å². The van der Waals surface area contributed by atoms with Gasteiger partial charge < -0.3 is 10.4 Å². The van der Waals surface area contributed by atoms with E-state index >= 15 is 0 Å². The standard InChI is InChI=1S/C14H18N2O/c1-11(10-17)8-15-9-13-5-2-4-12-6-3-7-16-14(12)13/h2-7,11,15,17H,8-10H2,1H3. The van der Waals surface area contributed by atoms with Gasteiger partial charge in [-0.2, -0.15) is 0 Å². The molecule has 0 saturated heterocycles. The van der Waals surface area contributed by atoms with E-state index in [1.165, 1.54) is 10.9 Å². The molecule has 1 aromatic carbocycles. The first-order valence-corrected chi connectivity index (χ1v) is 5.95. The highest BCUT2D eigenvalue weighted by Gasteiger charge is 2.02. The van der Waals surface area contributed by atoms with Crippen LogP contribution in [0.5, 0.6) is 0 Å². The Morgan fingerprint density at radius 2 is 2.12 bits per heavy atom. The minimum atomic E-state index is 0.223. The average molecular weight is 230 g/mol. The molecule has 0 radical (unpaired) electrons. The van der Waals surface area contributed by atoms with Crippen molar-refractivity contribution in [3.05, 3.63) is 42.1 Å². The smallest absolute Gasteiger partial charge is 0.0746 e. The molecule has 2 rings (SSSR count). The normalized spacial score (nSPS) is 12.8. The summed E-state index contributed by atoms with van der Waals surface area (Å²) in [4.78, 5) is 4.41. The zero-order valence-corrected chi connectivity index (χ0v) is 10.1. The van der Waals surface area contributed by atoms with Gasteiger partial charge in [-0.1, -0.05) is 31.2 Å². The molecule has 90 valence electrons. The Kier molecular flexibility index (Phi) is 4.07. The van der Waals surface area contributed by atoms with Crippen molar-refractivity contribution in [3.63, 3.8) is 0 Å². The number of hydrogen-bond acceptors (Lipinski definition) is 3. The van der Waals surface area contributed by atoms with Crippen molar-refractivity contribution in [2.75, 3.05) is 13.2 Å². The third-order valence-corrected chi connectivity index (χ3v) is 2.84. The molecular formula is C14H18N2O. The molecule has 1 heterocycles. The van der Waals surface area contributed by atoms with Crippen LogP contribution in [-0.4, -0.2) is 23.2 Å². The Morgan fingerprint density at radius 1 is 1.29 bits per heavy atom. The number of para-hydroxylation sites is 1. The highest BCUT2D eigenvalue weighted by molar-refractivity contribution is 5.81. The van der Waals surface area contributed by atoms with Gasteiger partial charge in [-0.3, -0.25) is 4.98 Å². The zero-order valence-electron chi connectivity index (χ0n) is 10.1. The molecule has 0 aliphatic heterocycles. The Morgan fingerprint density at radius 3 is 2.94 bits per heavy atom. The molecule has 2 aromatic rings. The Hall–Kier alpha value is -1.45. The second-order valence-electron chi connectivity index (χ2n) is 4.41. The van der Waals surface area contributed by atoms with Gasteiger partial charge in [-0.05, 0) is 17.5 Å². The number of hydrogen-bond donors (Lipinski definition) is 2. The Bertz CT molecular complexity index is 479. The summed E-state index contributed by atoms with van der Waals surface area (Å²) < 4.78 is 0. The van der Waals surface area contributed by atoms with E-state index in [1.807, 2.05) is 19.2 Å². The number of aliphatic hydroxyl groups is 1. The first kappa shape index (κ1) is 12.0. The number of aromatic nitrogens is 1. The summed E-state index contributed by atoms with van der Waals surface area (Å²) in [6.07, 6.45) is 1.82. The van der Waals surface area contributed by atoms with Crippen LogP contribution in [0.15, 0.2) is 36.5 Å². The van der Waals surface area contributed by atoms with Crippen molar-refractivity contribution < 1.29 is 5.11 Å². The van der Waals surface area contributed by atoms with Gasteiger partial charge in [0.05, 0.1) is 5.52 Å². The quantitative estimate of drug-likeness (QED) is 0.825. The predicted octanol–water partition coefficient (Wildman–Crippen LogP) is 1.95. The molecule has 3 nitrogen and oxygen atoms in total. The van der Waals surface area contributed by atoms with Gasteiger partial charge in [0.1, 0.15) is 0 Å². The lowest BCUT2D eigenvalue weighted by atomic mass is 10.1. The summed E-state index contributed by atoms with van der Waals surface area (Å²) in [6, 6.07) is 10.2. The van der Waals surface area contributed by atoms with Gasteiger partial charge in [-0.15, -0.1) is 0 Å². The van der Waals surface area contributed by atoms with Crippen molar-refractivity contribution in [2.24, 2.45) is 5.92 Å². The molecule has 0 fully saturated rings. The van der Waals surface area contributed by atoms with E-state index in [0.29, 0.717) is 0 Å². The summed E-state index contributed by atoms with van der Waals surface area (Å²) in [5, 5.41) is 13.5. The lowest BCUT2D eigenvalue weighted by Crippen LogP contribution is -2.22. The lowest BCUT2D eigenvalue weighted by molar-refractivity contribution is 0.233. The molecule has 0 amide bonds. The van der Waals surface area contributed by atoms with Crippen LogP contribution in [0.25, 0.3) is 10.9 Å². The van der Waals surface area contributed by atoms with E-state index in [9.17, 15) is 0 Å². The molecular weight excluding hydrogens is 212 g/mol. The fourth-order valence-corrected chi connectivity index (χ4v) is 1.83. The van der Waals surface area contributed by atoms with E-state index in [4.69, 9.17) is 5.11 Å². The van der Waals surface area contributed by atoms with Crippen LogP contribution in [0.4, 0.5) is 0 Å². The van der Waals surface area contributed by atoms with Gasteiger partial charge in [0.25, 0.3) is 0 Å². The summed E-state index contributed by atoms with van der Waals surface area (Å²) in [6.45, 7) is 3.85. The molecule has 17 heavy (non-hydrogen) atoms. The third kappa shape index (κ3) is 3.02. The van der Waals surface area contributed by atoms with Gasteiger partial charge in [-0.25, -0.2) is 0 Å². The summed E-state index contributed by atoms with van der Waals surface area (Å²) in [5.41, 5.74) is 2.26. The minimum absolute atomic E-state index is 0.223. The highest BCUT2D eigenvalue weighted by atomic mass is 16.3. The largest absolute Gasteiger partial charge is 0.396 e. The summed E-state index contributed by atoms with van der Waals surface area (Å²) in [5.74, 6) is 0.290. The van der Waals surface area contributed by atoms with Crippen LogP contribution in [0.3, 0.4) is 0 Å². The Balaban J connectivity index is 2.08. The molecule has 0 saturated carbocycles. The van der Waals surface area contributed by atoms with Gasteiger partial charge in [0.2, 0.25) is 0 Å². The van der Waals surface area contributed by atoms with Crippen LogP contribution in [0.2, 0.25) is 0 Å². The zero-order chi connectivity index (χ0) is 12.1. The number of pyridine rings is 1. The molecule has 0 aliphatic rings. The molecule has 2 N–H and O–H groups in total. The van der Waals surface area contributed by atoms with E-state index in [0.717, 1.165) is 18.6 Å². The van der Waals surface area contributed by atoms with E-state index in [1.54, 1.807) is 0 Å². The molecule has 1 aromatic heterocycles. The molecule has 1 unspecified atom stereocenters. The second-order valence-corrected chi connectivity index (χ2v) is 4.41. The van der Waals surface area contributed by atoms with Crippen molar-refractivity contribution in [3.8, 4) is 0 Å². The number of nitrogens with one attached hydrogen (secondary N) is 1. The number of nitrogens with zero attached hydrogens (tertiary/aromatic N) is 1. The van der Waals surface area contributed by atoms with Crippen LogP contribution < -0.4 is 5.32 Å². The van der Waals surface area contributed by atoms with Crippen LogP contribution in [0.1, 0.15) is 12.5 Å². The van der Waals surface area contributed by atoms with E-state index < -0.39 is 0 Å². The maximum absolute atomic E-state index is 8.95. The van der Waals surface area contributed by atoms with Gasteiger partial charge in [0, 0.05) is 31.3 Å². The Labute approximate surface area is 102 Å². The van der Waals surface area contributed by atoms with E-state index in [2.05, 4.69) is 34.6 Å². The number of benzene rings is 1. The first-order valence-electron chi connectivity index (χ1n) is 5.95. The van der Waals surface area contributed by atoms with Gasteiger partial charge >= 0.3 is 0 Å². The minimum Gasteiger partial charge on any atom is -0.396 e. The monoisotopic (exact) mass is 230 g/mol. The average Bonchev–Trinajstić information content (AvgIpc) is 2.39. The molecule has 3 heteroatoms. The summed E-state index contributed by atoms with van der Waals surface area (Å²) in [7, 11) is 0. The fraction of sp³-hybridized carbons (Fsp3) is 0.357. The van der Waals surface area contributed by atoms with Gasteiger partial charge in [0.15, 0.2) is 0 Å². The fourth-order valence-electron chi connectivity index (χ4n) is 1.83. The van der Waals surface area contributed by atoms with Crippen molar-refractivity contribution in [1.29, 1.82) is 0 Å². The molecule has 0 bridgehead atoms. The topological polar surface area (TPSA) is 45.1 Å². The van der Waals surface area contributed by atoms with Crippen molar-refractivity contribution >= 4 is 10.9 Å². The second kappa shape index (κ2) is 5.75. The predicted molar refractivity (Wildman–Crippen MR) is 69.7 cm³/mol. The SMILES string of the molecule is CC(CO)CNCc1cccc2cccnc12. The third-order valence-electron chi connectivity index (χ3n) is 2.84. The van der Waals surface area contributed by atoms with Crippen LogP contribution in [0, 0.1) is 5.92 Å². The molecule has 1 atom stereocenters. The molecule has 0 aliphatic carbocycles. The highest BCUT2D eigenvalue weighted by Crippen LogP contribution is 2.15. The summed E-state index contributed by atoms with van der Waals surface area (Å²) >= 11 is 0. The van der Waals surface area contributed by atoms with Crippen LogP contribution in [-0.2, 0) is 6.54 Å². The van der Waals surface area contributed by atoms with E-state index in [-0.39, 0.29) is 12.5 Å². The maximum Gasteiger partial charge on any atom is 0.0746 e.